The van der Waals surface area contributed by atoms with Gasteiger partial charge in [0.25, 0.3) is 0 Å². The molecule has 0 radical (unpaired) electrons. The average molecular weight is 259 g/mol. The van der Waals surface area contributed by atoms with Crippen LogP contribution in [0.5, 0.6) is 0 Å². The fourth-order valence-electron chi connectivity index (χ4n) is 2.77. The van der Waals surface area contributed by atoms with E-state index in [2.05, 4.69) is 26.1 Å². The van der Waals surface area contributed by atoms with Crippen LogP contribution in [0, 0.1) is 11.3 Å². The third kappa shape index (κ3) is 5.09. The van der Waals surface area contributed by atoms with Crippen LogP contribution in [0.15, 0.2) is 0 Å². The van der Waals surface area contributed by atoms with Crippen molar-refractivity contribution in [3.63, 3.8) is 0 Å². The van der Waals surface area contributed by atoms with Crippen LogP contribution in [-0.4, -0.2) is 28.8 Å². The summed E-state index contributed by atoms with van der Waals surface area (Å²) in [6.07, 6.45) is 8.36. The molecule has 0 aromatic carbocycles. The Morgan fingerprint density at radius 1 is 1.24 bits per heavy atom. The number of rotatable bonds is 6. The van der Waals surface area contributed by atoms with Gasteiger partial charge in [-0.3, -0.25) is 4.21 Å². The van der Waals surface area contributed by atoms with Gasteiger partial charge in [0.1, 0.15) is 0 Å². The molecule has 2 nitrogen and oxygen atoms in total. The highest BCUT2D eigenvalue weighted by Crippen LogP contribution is 2.40. The van der Waals surface area contributed by atoms with E-state index in [0.29, 0.717) is 11.5 Å². The van der Waals surface area contributed by atoms with Gasteiger partial charge in [-0.05, 0) is 37.0 Å². The van der Waals surface area contributed by atoms with Gasteiger partial charge in [0.05, 0.1) is 0 Å². The first-order valence-corrected chi connectivity index (χ1v) is 8.72. The van der Waals surface area contributed by atoms with E-state index >= 15 is 0 Å². The fraction of sp³-hybridized carbons (Fsp3) is 1.00. The normalized spacial score (nSPS) is 28.0. The van der Waals surface area contributed by atoms with E-state index in [0.717, 1.165) is 18.2 Å². The summed E-state index contributed by atoms with van der Waals surface area (Å²) in [4.78, 5) is 0. The Hall–Kier alpha value is 0.110. The van der Waals surface area contributed by atoms with Crippen LogP contribution in [0.2, 0.25) is 0 Å². The molecule has 0 aromatic rings. The molecule has 1 atom stereocenters. The number of hydrogen-bond acceptors (Lipinski definition) is 2. The summed E-state index contributed by atoms with van der Waals surface area (Å²) in [6, 6.07) is 0.669. The Kier molecular flexibility index (Phi) is 6.14. The van der Waals surface area contributed by atoms with Crippen molar-refractivity contribution in [1.82, 2.24) is 5.32 Å². The highest BCUT2D eigenvalue weighted by Gasteiger charge is 2.31. The Balaban J connectivity index is 2.24. The van der Waals surface area contributed by atoms with Gasteiger partial charge in [0, 0.05) is 35.4 Å². The van der Waals surface area contributed by atoms with E-state index < -0.39 is 10.8 Å². The first-order chi connectivity index (χ1) is 7.95. The predicted molar refractivity (Wildman–Crippen MR) is 76.8 cm³/mol. The second-order valence-electron chi connectivity index (χ2n) is 6.12. The van der Waals surface area contributed by atoms with E-state index in [9.17, 15) is 4.21 Å². The summed E-state index contributed by atoms with van der Waals surface area (Å²) in [5.74, 6) is 1.69. The largest absolute Gasteiger partial charge is 0.313 e. The van der Waals surface area contributed by atoms with Gasteiger partial charge in [-0.2, -0.15) is 0 Å². The molecule has 1 aliphatic rings. The lowest BCUT2D eigenvalue weighted by atomic mass is 9.69. The van der Waals surface area contributed by atoms with E-state index in [1.54, 1.807) is 6.26 Å². The molecule has 0 amide bonds. The summed E-state index contributed by atoms with van der Waals surface area (Å²) in [5.41, 5.74) is 0.510. The average Bonchev–Trinajstić information content (AvgIpc) is 2.29. The second kappa shape index (κ2) is 6.89. The summed E-state index contributed by atoms with van der Waals surface area (Å²) in [7, 11) is -0.655. The van der Waals surface area contributed by atoms with Crippen molar-refractivity contribution in [3.05, 3.63) is 0 Å². The van der Waals surface area contributed by atoms with Crippen LogP contribution >= 0.6 is 0 Å². The highest BCUT2D eigenvalue weighted by atomic mass is 32.2. The maximum atomic E-state index is 11.0. The van der Waals surface area contributed by atoms with Gasteiger partial charge in [0.2, 0.25) is 0 Å². The smallest absolute Gasteiger partial charge is 0.0357 e. The first-order valence-electron chi connectivity index (χ1n) is 6.99. The van der Waals surface area contributed by atoms with Gasteiger partial charge >= 0.3 is 0 Å². The third-order valence-corrected chi connectivity index (χ3v) is 5.35. The quantitative estimate of drug-likeness (QED) is 0.794. The van der Waals surface area contributed by atoms with Gasteiger partial charge in [-0.1, -0.05) is 27.2 Å². The maximum Gasteiger partial charge on any atom is 0.0357 e. The lowest BCUT2D eigenvalue weighted by molar-refractivity contribution is 0.137. The van der Waals surface area contributed by atoms with Crippen molar-refractivity contribution in [2.75, 3.05) is 18.6 Å². The molecule has 1 rings (SSSR count). The Morgan fingerprint density at radius 2 is 1.82 bits per heavy atom. The molecule has 0 aliphatic heterocycles. The minimum absolute atomic E-state index is 0.510. The molecule has 1 N–H and O–H groups in total. The summed E-state index contributed by atoms with van der Waals surface area (Å²) < 4.78 is 11.0. The molecule has 1 saturated carbocycles. The topological polar surface area (TPSA) is 29.1 Å². The second-order valence-corrected chi connectivity index (χ2v) is 7.68. The summed E-state index contributed by atoms with van der Waals surface area (Å²) in [5, 5.41) is 3.55. The molecule has 1 aliphatic carbocycles. The lowest BCUT2D eigenvalue weighted by Gasteiger charge is -2.39. The number of hydrogen-bond donors (Lipinski definition) is 1. The van der Waals surface area contributed by atoms with Gasteiger partial charge in [-0.25, -0.2) is 0 Å². The number of nitrogens with one attached hydrogen (secondary N) is 1. The highest BCUT2D eigenvalue weighted by molar-refractivity contribution is 7.84. The Morgan fingerprint density at radius 3 is 2.29 bits per heavy atom. The minimum Gasteiger partial charge on any atom is -0.313 e. The predicted octanol–water partition coefficient (Wildman–Crippen LogP) is 2.95. The van der Waals surface area contributed by atoms with Crippen molar-refractivity contribution in [1.29, 1.82) is 0 Å². The monoisotopic (exact) mass is 259 g/mol. The zero-order valence-electron chi connectivity index (χ0n) is 11.9. The van der Waals surface area contributed by atoms with Crippen LogP contribution in [0.3, 0.4) is 0 Å². The fourth-order valence-corrected chi connectivity index (χ4v) is 3.18. The first kappa shape index (κ1) is 15.2. The van der Waals surface area contributed by atoms with Crippen molar-refractivity contribution >= 4 is 10.8 Å². The van der Waals surface area contributed by atoms with Crippen molar-refractivity contribution in [2.45, 2.75) is 58.9 Å². The third-order valence-electron chi connectivity index (χ3n) is 4.57. The molecule has 0 heterocycles. The van der Waals surface area contributed by atoms with Gasteiger partial charge in [0.15, 0.2) is 0 Å². The molecule has 0 saturated heterocycles. The molecule has 3 heteroatoms. The molecular formula is C14H29NOS. The van der Waals surface area contributed by atoms with Crippen molar-refractivity contribution in [2.24, 2.45) is 11.3 Å². The molecule has 1 unspecified atom stereocenters. The zero-order chi connectivity index (χ0) is 12.9. The van der Waals surface area contributed by atoms with Crippen LogP contribution < -0.4 is 5.32 Å². The Labute approximate surface area is 109 Å². The van der Waals surface area contributed by atoms with Crippen LogP contribution in [0.25, 0.3) is 0 Å². The summed E-state index contributed by atoms with van der Waals surface area (Å²) in [6.45, 7) is 8.04. The molecule has 0 aromatic heterocycles. The van der Waals surface area contributed by atoms with E-state index in [-0.39, 0.29) is 0 Å². The molecule has 17 heavy (non-hydrogen) atoms. The van der Waals surface area contributed by atoms with Gasteiger partial charge in [-0.15, -0.1) is 0 Å². The van der Waals surface area contributed by atoms with E-state index in [1.807, 2.05) is 0 Å². The standard InChI is InChI=1S/C14H29NOS/c1-5-14(2,3)12-6-8-13(9-7-12)15-10-11-17(4)16/h12-13,15H,5-11H2,1-4H3. The molecule has 102 valence electrons. The molecular weight excluding hydrogens is 230 g/mol. The van der Waals surface area contributed by atoms with E-state index in [4.69, 9.17) is 0 Å². The SMILES string of the molecule is CCC(C)(C)C1CCC(NCCS(C)=O)CC1. The van der Waals surface area contributed by atoms with Gasteiger partial charge < -0.3 is 5.32 Å². The van der Waals surface area contributed by atoms with Crippen LogP contribution in [-0.2, 0) is 10.8 Å². The molecule has 1 fully saturated rings. The minimum atomic E-state index is -0.655. The van der Waals surface area contributed by atoms with Crippen molar-refractivity contribution < 1.29 is 4.21 Å². The van der Waals surface area contributed by atoms with Crippen LogP contribution in [0.4, 0.5) is 0 Å². The molecule has 0 spiro atoms. The summed E-state index contributed by atoms with van der Waals surface area (Å²) >= 11 is 0. The van der Waals surface area contributed by atoms with Crippen molar-refractivity contribution in [3.8, 4) is 0 Å². The molecule has 0 bridgehead atoms. The van der Waals surface area contributed by atoms with Crippen LogP contribution in [0.1, 0.15) is 52.9 Å². The lowest BCUT2D eigenvalue weighted by Crippen LogP contribution is -2.38. The maximum absolute atomic E-state index is 11.0. The zero-order valence-corrected chi connectivity index (χ0v) is 12.7. The van der Waals surface area contributed by atoms with E-state index in [1.165, 1.54) is 32.1 Å². The Bertz CT molecular complexity index is 245.